The molecule has 0 saturated carbocycles. The number of aromatic amines is 1. The molecular weight excluding hydrogens is 148 g/mol. The van der Waals surface area contributed by atoms with E-state index in [1.54, 1.807) is 0 Å². The molecule has 1 rings (SSSR count). The topological polar surface area (TPSA) is 41.8 Å². The van der Waals surface area contributed by atoms with E-state index in [9.17, 15) is 0 Å². The highest BCUT2D eigenvalue weighted by Gasteiger charge is 2.00. The van der Waals surface area contributed by atoms with Gasteiger partial charge in [-0.15, -0.1) is 12.4 Å². The minimum absolute atomic E-state index is 0. The van der Waals surface area contributed by atoms with E-state index in [1.165, 1.54) is 0 Å². The van der Waals surface area contributed by atoms with Crippen LogP contribution in [0.15, 0.2) is 18.3 Å². The molecule has 0 radical (unpaired) electrons. The van der Waals surface area contributed by atoms with E-state index in [-0.39, 0.29) is 18.4 Å². The van der Waals surface area contributed by atoms with Crippen molar-refractivity contribution in [1.82, 2.24) is 4.98 Å². The quantitative estimate of drug-likeness (QED) is 0.681. The summed E-state index contributed by atoms with van der Waals surface area (Å²) in [6, 6.07) is 4.15. The summed E-state index contributed by atoms with van der Waals surface area (Å²) < 4.78 is 0. The highest BCUT2D eigenvalue weighted by atomic mass is 35.5. The molecule has 0 fully saturated rings. The van der Waals surface area contributed by atoms with E-state index in [4.69, 9.17) is 5.73 Å². The standard InChI is InChI=1S/C7H12N2.ClH/c1-2-6(8)7-4-3-5-9-7;/h3-6,9H,2,8H2,1H3;1H/t6-;/m1./s1. The van der Waals surface area contributed by atoms with Crippen LogP contribution in [0.4, 0.5) is 0 Å². The first-order valence-electron chi connectivity index (χ1n) is 3.23. The molecule has 0 aliphatic carbocycles. The molecule has 10 heavy (non-hydrogen) atoms. The summed E-state index contributed by atoms with van der Waals surface area (Å²) in [5, 5.41) is 0. The molecule has 0 aliphatic rings. The average Bonchev–Trinajstić information content (AvgIpc) is 2.37. The van der Waals surface area contributed by atoms with Crippen LogP contribution in [0.1, 0.15) is 25.1 Å². The Labute approximate surface area is 67.2 Å². The summed E-state index contributed by atoms with van der Waals surface area (Å²) in [7, 11) is 0. The Bertz CT molecular complexity index is 160. The number of nitrogens with one attached hydrogen (secondary N) is 1. The van der Waals surface area contributed by atoms with Gasteiger partial charge in [-0.25, -0.2) is 0 Å². The third-order valence-electron chi connectivity index (χ3n) is 1.46. The molecule has 0 unspecified atom stereocenters. The fraction of sp³-hybridized carbons (Fsp3) is 0.429. The zero-order valence-corrected chi connectivity index (χ0v) is 6.82. The number of H-pyrrole nitrogens is 1. The second-order valence-corrected chi connectivity index (χ2v) is 2.14. The van der Waals surface area contributed by atoms with Gasteiger partial charge in [0.2, 0.25) is 0 Å². The molecule has 2 nitrogen and oxygen atoms in total. The zero-order chi connectivity index (χ0) is 6.69. The van der Waals surface area contributed by atoms with Gasteiger partial charge in [0.05, 0.1) is 0 Å². The number of aromatic nitrogens is 1. The van der Waals surface area contributed by atoms with E-state index in [0.717, 1.165) is 12.1 Å². The Balaban J connectivity index is 0.000000810. The Morgan fingerprint density at radius 3 is 2.80 bits per heavy atom. The van der Waals surface area contributed by atoms with Crippen LogP contribution in [0, 0.1) is 0 Å². The Morgan fingerprint density at radius 2 is 2.40 bits per heavy atom. The lowest BCUT2D eigenvalue weighted by Crippen LogP contribution is -2.08. The van der Waals surface area contributed by atoms with Crippen molar-refractivity contribution in [2.75, 3.05) is 0 Å². The minimum Gasteiger partial charge on any atom is -0.364 e. The van der Waals surface area contributed by atoms with E-state index < -0.39 is 0 Å². The van der Waals surface area contributed by atoms with Crippen molar-refractivity contribution >= 4 is 12.4 Å². The van der Waals surface area contributed by atoms with Crippen molar-refractivity contribution in [3.05, 3.63) is 24.0 Å². The van der Waals surface area contributed by atoms with Gasteiger partial charge in [0.15, 0.2) is 0 Å². The maximum Gasteiger partial charge on any atom is 0.0445 e. The third kappa shape index (κ3) is 2.05. The molecule has 1 atom stereocenters. The molecule has 3 heteroatoms. The molecule has 0 saturated heterocycles. The second-order valence-electron chi connectivity index (χ2n) is 2.14. The normalized spacial score (nSPS) is 12.2. The lowest BCUT2D eigenvalue weighted by Gasteiger charge is -2.03. The molecule has 0 bridgehead atoms. The number of hydrogen-bond acceptors (Lipinski definition) is 1. The largest absolute Gasteiger partial charge is 0.364 e. The van der Waals surface area contributed by atoms with E-state index in [0.29, 0.717) is 0 Å². The summed E-state index contributed by atoms with van der Waals surface area (Å²) in [4.78, 5) is 3.06. The van der Waals surface area contributed by atoms with Gasteiger partial charge in [-0.3, -0.25) is 0 Å². The average molecular weight is 161 g/mol. The van der Waals surface area contributed by atoms with Crippen molar-refractivity contribution in [2.45, 2.75) is 19.4 Å². The van der Waals surface area contributed by atoms with Crippen LogP contribution < -0.4 is 5.73 Å². The minimum atomic E-state index is 0. The third-order valence-corrected chi connectivity index (χ3v) is 1.46. The van der Waals surface area contributed by atoms with Crippen LogP contribution in [0.5, 0.6) is 0 Å². The van der Waals surface area contributed by atoms with Crippen LogP contribution in [0.25, 0.3) is 0 Å². The highest BCUT2D eigenvalue weighted by molar-refractivity contribution is 5.85. The molecule has 1 aromatic rings. The lowest BCUT2D eigenvalue weighted by molar-refractivity contribution is 0.680. The Hall–Kier alpha value is -0.470. The number of nitrogens with two attached hydrogens (primary N) is 1. The lowest BCUT2D eigenvalue weighted by atomic mass is 10.2. The van der Waals surface area contributed by atoms with Crippen LogP contribution >= 0.6 is 12.4 Å². The van der Waals surface area contributed by atoms with Gasteiger partial charge < -0.3 is 10.7 Å². The van der Waals surface area contributed by atoms with E-state index in [1.807, 2.05) is 18.3 Å². The van der Waals surface area contributed by atoms with Gasteiger partial charge in [0, 0.05) is 17.9 Å². The number of hydrogen-bond donors (Lipinski definition) is 2. The molecule has 1 heterocycles. The first kappa shape index (κ1) is 9.53. The summed E-state index contributed by atoms with van der Waals surface area (Å²) in [6.07, 6.45) is 2.88. The molecule has 1 aromatic heterocycles. The SMILES string of the molecule is CC[C@@H](N)c1ccc[nH]1.Cl. The van der Waals surface area contributed by atoms with Gasteiger partial charge in [-0.1, -0.05) is 6.92 Å². The molecule has 0 aliphatic heterocycles. The number of halogens is 1. The van der Waals surface area contributed by atoms with Crippen LogP contribution in [-0.4, -0.2) is 4.98 Å². The van der Waals surface area contributed by atoms with Crippen molar-refractivity contribution in [3.63, 3.8) is 0 Å². The van der Waals surface area contributed by atoms with Crippen LogP contribution in [0.2, 0.25) is 0 Å². The van der Waals surface area contributed by atoms with Gasteiger partial charge in [0.1, 0.15) is 0 Å². The maximum absolute atomic E-state index is 5.71. The summed E-state index contributed by atoms with van der Waals surface area (Å²) in [5.41, 5.74) is 6.83. The summed E-state index contributed by atoms with van der Waals surface area (Å²) in [5.74, 6) is 0. The van der Waals surface area contributed by atoms with Gasteiger partial charge in [-0.05, 0) is 18.6 Å². The molecule has 0 aromatic carbocycles. The van der Waals surface area contributed by atoms with Gasteiger partial charge in [0.25, 0.3) is 0 Å². The Morgan fingerprint density at radius 1 is 1.70 bits per heavy atom. The molecular formula is C7H13ClN2. The van der Waals surface area contributed by atoms with Crippen molar-refractivity contribution in [1.29, 1.82) is 0 Å². The van der Waals surface area contributed by atoms with Crippen molar-refractivity contribution in [2.24, 2.45) is 5.73 Å². The summed E-state index contributed by atoms with van der Waals surface area (Å²) in [6.45, 7) is 2.07. The smallest absolute Gasteiger partial charge is 0.0445 e. The molecule has 0 spiro atoms. The fourth-order valence-corrected chi connectivity index (χ4v) is 0.795. The molecule has 58 valence electrons. The van der Waals surface area contributed by atoms with Gasteiger partial charge in [-0.2, -0.15) is 0 Å². The fourth-order valence-electron chi connectivity index (χ4n) is 0.795. The monoisotopic (exact) mass is 160 g/mol. The van der Waals surface area contributed by atoms with Crippen molar-refractivity contribution < 1.29 is 0 Å². The maximum atomic E-state index is 5.71. The summed E-state index contributed by atoms with van der Waals surface area (Å²) >= 11 is 0. The molecule has 3 N–H and O–H groups in total. The Kier molecular flexibility index (Phi) is 4.16. The molecule has 0 amide bonds. The first-order chi connectivity index (χ1) is 4.34. The van der Waals surface area contributed by atoms with E-state index in [2.05, 4.69) is 11.9 Å². The van der Waals surface area contributed by atoms with E-state index >= 15 is 0 Å². The first-order valence-corrected chi connectivity index (χ1v) is 3.23. The van der Waals surface area contributed by atoms with Gasteiger partial charge >= 0.3 is 0 Å². The second kappa shape index (κ2) is 4.36. The van der Waals surface area contributed by atoms with Crippen LogP contribution in [-0.2, 0) is 0 Å². The predicted molar refractivity (Wildman–Crippen MR) is 45.3 cm³/mol. The van der Waals surface area contributed by atoms with Crippen LogP contribution in [0.3, 0.4) is 0 Å². The highest BCUT2D eigenvalue weighted by Crippen LogP contribution is 2.08. The van der Waals surface area contributed by atoms with Crippen molar-refractivity contribution in [3.8, 4) is 0 Å². The predicted octanol–water partition coefficient (Wildman–Crippen LogP) is 1.85. The zero-order valence-electron chi connectivity index (χ0n) is 6.00. The number of rotatable bonds is 2.